The van der Waals surface area contributed by atoms with E-state index in [-0.39, 0.29) is 0 Å². The van der Waals surface area contributed by atoms with Crippen LogP contribution in [0.5, 0.6) is 0 Å². The lowest BCUT2D eigenvalue weighted by Gasteiger charge is -2.11. The van der Waals surface area contributed by atoms with Gasteiger partial charge in [0, 0.05) is 25.8 Å². The van der Waals surface area contributed by atoms with Crippen LogP contribution in [0.3, 0.4) is 0 Å². The van der Waals surface area contributed by atoms with E-state index in [0.717, 1.165) is 18.4 Å². The second-order valence-electron chi connectivity index (χ2n) is 4.22. The Morgan fingerprint density at radius 3 is 2.79 bits per heavy atom. The molecule has 1 saturated carbocycles. The molecule has 0 saturated heterocycles. The summed E-state index contributed by atoms with van der Waals surface area (Å²) in [5.74, 6) is 1.09. The largest absolute Gasteiger partial charge is 0.334 e. The van der Waals surface area contributed by atoms with Crippen LogP contribution < -0.4 is 5.32 Å². The zero-order chi connectivity index (χ0) is 9.97. The minimum atomic E-state index is 0.741. The van der Waals surface area contributed by atoms with Gasteiger partial charge < -0.3 is 9.88 Å². The molecule has 0 bridgehead atoms. The first-order valence-corrected chi connectivity index (χ1v) is 5.48. The fraction of sp³-hybridized carbons (Fsp3) is 0.727. The first kappa shape index (κ1) is 9.71. The molecule has 0 aliphatic heterocycles. The maximum absolute atomic E-state index is 4.28. The Hall–Kier alpha value is -0.830. The lowest BCUT2D eigenvalue weighted by atomic mass is 10.2. The number of imidazole rings is 1. The molecule has 1 fully saturated rings. The van der Waals surface area contributed by atoms with E-state index in [1.807, 2.05) is 13.1 Å². The van der Waals surface area contributed by atoms with Crippen LogP contribution in [0, 0.1) is 6.92 Å². The van der Waals surface area contributed by atoms with Crippen LogP contribution in [0.4, 0.5) is 0 Å². The van der Waals surface area contributed by atoms with Crippen molar-refractivity contribution in [2.45, 2.75) is 45.2 Å². The molecule has 3 nitrogen and oxygen atoms in total. The highest BCUT2D eigenvalue weighted by Crippen LogP contribution is 2.18. The summed E-state index contributed by atoms with van der Waals surface area (Å²) in [6.45, 7) is 3.00. The zero-order valence-electron chi connectivity index (χ0n) is 9.08. The fourth-order valence-corrected chi connectivity index (χ4v) is 2.09. The number of nitrogens with one attached hydrogen (secondary N) is 1. The summed E-state index contributed by atoms with van der Waals surface area (Å²) < 4.78 is 2.15. The lowest BCUT2D eigenvalue weighted by molar-refractivity contribution is 0.512. The molecule has 0 amide bonds. The van der Waals surface area contributed by atoms with Crippen LogP contribution in [0.25, 0.3) is 0 Å². The van der Waals surface area contributed by atoms with Crippen molar-refractivity contribution in [3.8, 4) is 0 Å². The monoisotopic (exact) mass is 193 g/mol. The Bertz CT molecular complexity index is 297. The van der Waals surface area contributed by atoms with Gasteiger partial charge in [0.2, 0.25) is 0 Å². The van der Waals surface area contributed by atoms with Crippen molar-refractivity contribution in [2.24, 2.45) is 7.05 Å². The van der Waals surface area contributed by atoms with E-state index in [0.29, 0.717) is 0 Å². The molecule has 0 radical (unpaired) electrons. The Balaban J connectivity index is 1.88. The molecule has 0 atom stereocenters. The third-order valence-electron chi connectivity index (χ3n) is 3.24. The summed E-state index contributed by atoms with van der Waals surface area (Å²) in [4.78, 5) is 4.28. The topological polar surface area (TPSA) is 29.9 Å². The quantitative estimate of drug-likeness (QED) is 0.792. The van der Waals surface area contributed by atoms with E-state index in [9.17, 15) is 0 Å². The average molecular weight is 193 g/mol. The fourth-order valence-electron chi connectivity index (χ4n) is 2.09. The van der Waals surface area contributed by atoms with Gasteiger partial charge in [-0.2, -0.15) is 0 Å². The van der Waals surface area contributed by atoms with Gasteiger partial charge >= 0.3 is 0 Å². The SMILES string of the molecule is Cc1ncc(CNC2CCCC2)n1C. The van der Waals surface area contributed by atoms with Crippen molar-refractivity contribution in [3.63, 3.8) is 0 Å². The molecule has 1 aliphatic rings. The summed E-state index contributed by atoms with van der Waals surface area (Å²) in [5.41, 5.74) is 1.29. The van der Waals surface area contributed by atoms with Crippen molar-refractivity contribution in [3.05, 3.63) is 17.7 Å². The van der Waals surface area contributed by atoms with E-state index in [1.165, 1.54) is 31.4 Å². The number of hydrogen-bond donors (Lipinski definition) is 1. The van der Waals surface area contributed by atoms with Crippen LogP contribution in [0.15, 0.2) is 6.20 Å². The van der Waals surface area contributed by atoms with Gasteiger partial charge in [-0.25, -0.2) is 4.98 Å². The van der Waals surface area contributed by atoms with Gasteiger partial charge in [0.15, 0.2) is 0 Å². The highest BCUT2D eigenvalue weighted by atomic mass is 15.1. The van der Waals surface area contributed by atoms with E-state index in [4.69, 9.17) is 0 Å². The predicted octanol–water partition coefficient (Wildman–Crippen LogP) is 1.76. The minimum absolute atomic E-state index is 0.741. The van der Waals surface area contributed by atoms with Crippen molar-refractivity contribution in [1.82, 2.24) is 14.9 Å². The van der Waals surface area contributed by atoms with Crippen molar-refractivity contribution < 1.29 is 0 Å². The number of nitrogens with zero attached hydrogens (tertiary/aromatic N) is 2. The minimum Gasteiger partial charge on any atom is -0.334 e. The molecule has 1 aromatic rings. The van der Waals surface area contributed by atoms with E-state index >= 15 is 0 Å². The molecule has 1 aromatic heterocycles. The Kier molecular flexibility index (Phi) is 2.87. The maximum Gasteiger partial charge on any atom is 0.105 e. The van der Waals surface area contributed by atoms with Gasteiger partial charge in [-0.1, -0.05) is 12.8 Å². The van der Waals surface area contributed by atoms with Crippen molar-refractivity contribution >= 4 is 0 Å². The molecular weight excluding hydrogens is 174 g/mol. The molecule has 0 aromatic carbocycles. The molecule has 0 unspecified atom stereocenters. The Labute approximate surface area is 85.5 Å². The molecule has 0 spiro atoms. The first-order valence-electron chi connectivity index (χ1n) is 5.48. The number of aryl methyl sites for hydroxylation is 1. The van der Waals surface area contributed by atoms with Crippen molar-refractivity contribution in [2.75, 3.05) is 0 Å². The van der Waals surface area contributed by atoms with E-state index in [2.05, 4.69) is 21.9 Å². The third-order valence-corrected chi connectivity index (χ3v) is 3.24. The molecule has 14 heavy (non-hydrogen) atoms. The van der Waals surface area contributed by atoms with Gasteiger partial charge in [0.05, 0.1) is 5.69 Å². The second-order valence-corrected chi connectivity index (χ2v) is 4.22. The number of aromatic nitrogens is 2. The lowest BCUT2D eigenvalue weighted by Crippen LogP contribution is -2.26. The molecule has 3 heteroatoms. The summed E-state index contributed by atoms with van der Waals surface area (Å²) in [7, 11) is 2.08. The van der Waals surface area contributed by atoms with Crippen LogP contribution in [-0.4, -0.2) is 15.6 Å². The van der Waals surface area contributed by atoms with Gasteiger partial charge in [-0.15, -0.1) is 0 Å². The summed E-state index contributed by atoms with van der Waals surface area (Å²) in [6, 6.07) is 0.741. The highest BCUT2D eigenvalue weighted by molar-refractivity contribution is 5.03. The molecule has 2 rings (SSSR count). The summed E-state index contributed by atoms with van der Waals surface area (Å²) >= 11 is 0. The predicted molar refractivity (Wildman–Crippen MR) is 57.0 cm³/mol. The van der Waals surface area contributed by atoms with Crippen LogP contribution in [0.2, 0.25) is 0 Å². The zero-order valence-corrected chi connectivity index (χ0v) is 9.08. The van der Waals surface area contributed by atoms with Gasteiger partial charge in [-0.3, -0.25) is 0 Å². The molecule has 1 heterocycles. The number of rotatable bonds is 3. The summed E-state index contributed by atoms with van der Waals surface area (Å²) in [6.07, 6.45) is 7.44. The Morgan fingerprint density at radius 2 is 2.21 bits per heavy atom. The smallest absolute Gasteiger partial charge is 0.105 e. The van der Waals surface area contributed by atoms with Crippen LogP contribution in [-0.2, 0) is 13.6 Å². The molecular formula is C11H19N3. The highest BCUT2D eigenvalue weighted by Gasteiger charge is 2.14. The van der Waals surface area contributed by atoms with Gasteiger partial charge in [0.1, 0.15) is 5.82 Å². The average Bonchev–Trinajstić information content (AvgIpc) is 2.77. The van der Waals surface area contributed by atoms with Crippen molar-refractivity contribution in [1.29, 1.82) is 0 Å². The Morgan fingerprint density at radius 1 is 1.50 bits per heavy atom. The van der Waals surface area contributed by atoms with E-state index < -0.39 is 0 Å². The normalized spacial score (nSPS) is 17.9. The van der Waals surface area contributed by atoms with Crippen LogP contribution in [0.1, 0.15) is 37.2 Å². The van der Waals surface area contributed by atoms with Gasteiger partial charge in [-0.05, 0) is 19.8 Å². The maximum atomic E-state index is 4.28. The first-order chi connectivity index (χ1) is 6.77. The van der Waals surface area contributed by atoms with Gasteiger partial charge in [0.25, 0.3) is 0 Å². The van der Waals surface area contributed by atoms with E-state index in [1.54, 1.807) is 0 Å². The third kappa shape index (κ3) is 1.98. The number of hydrogen-bond acceptors (Lipinski definition) is 2. The molecule has 1 aliphatic carbocycles. The molecule has 78 valence electrons. The second kappa shape index (κ2) is 4.13. The standard InChI is InChI=1S/C11H19N3/c1-9-12-7-11(14(9)2)8-13-10-5-3-4-6-10/h7,10,13H,3-6,8H2,1-2H3. The summed E-state index contributed by atoms with van der Waals surface area (Å²) in [5, 5.41) is 3.59. The van der Waals surface area contributed by atoms with Crippen LogP contribution >= 0.6 is 0 Å². The molecule has 1 N–H and O–H groups in total.